The van der Waals surface area contributed by atoms with Gasteiger partial charge in [0.05, 0.1) is 25.0 Å². The molecule has 7 nitrogen and oxygen atoms in total. The Morgan fingerprint density at radius 1 is 1.27 bits per heavy atom. The van der Waals surface area contributed by atoms with E-state index in [1.807, 2.05) is 24.3 Å². The SMILES string of the molecule is CCCc1ccc(OCCNC(=O)[C@@H]2CN(S(C)(=O)=O)c3cc(Cl)ccc3O2)cc1. The summed E-state index contributed by atoms with van der Waals surface area (Å²) in [7, 11) is -3.60. The molecule has 3 rings (SSSR count). The molecule has 0 aliphatic carbocycles. The van der Waals surface area contributed by atoms with Gasteiger partial charge in [0.15, 0.2) is 6.10 Å². The molecule has 0 radical (unpaired) electrons. The van der Waals surface area contributed by atoms with Crippen LogP contribution in [0.4, 0.5) is 5.69 Å². The van der Waals surface area contributed by atoms with Crippen molar-refractivity contribution in [2.24, 2.45) is 0 Å². The number of halogens is 1. The van der Waals surface area contributed by atoms with E-state index in [1.54, 1.807) is 12.1 Å². The number of nitrogens with zero attached hydrogens (tertiary/aromatic N) is 1. The number of nitrogens with one attached hydrogen (secondary N) is 1. The van der Waals surface area contributed by atoms with Gasteiger partial charge in [-0.15, -0.1) is 0 Å². The van der Waals surface area contributed by atoms with Crippen molar-refractivity contribution in [3.05, 3.63) is 53.1 Å². The number of amides is 1. The summed E-state index contributed by atoms with van der Waals surface area (Å²) in [6, 6.07) is 12.5. The van der Waals surface area contributed by atoms with Crippen LogP contribution in [0.1, 0.15) is 18.9 Å². The lowest BCUT2D eigenvalue weighted by molar-refractivity contribution is -0.127. The molecule has 0 unspecified atom stereocenters. The largest absolute Gasteiger partial charge is 0.492 e. The molecule has 0 fully saturated rings. The molecule has 162 valence electrons. The van der Waals surface area contributed by atoms with Crippen LogP contribution >= 0.6 is 11.6 Å². The number of ether oxygens (including phenoxy) is 2. The van der Waals surface area contributed by atoms with Gasteiger partial charge in [0.2, 0.25) is 10.0 Å². The molecule has 30 heavy (non-hydrogen) atoms. The van der Waals surface area contributed by atoms with Crippen LogP contribution in [-0.4, -0.2) is 46.4 Å². The normalized spacial score (nSPS) is 15.8. The topological polar surface area (TPSA) is 84.9 Å². The van der Waals surface area contributed by atoms with Crippen molar-refractivity contribution in [2.45, 2.75) is 25.9 Å². The Bertz CT molecular complexity index is 995. The number of aryl methyl sites for hydroxylation is 1. The van der Waals surface area contributed by atoms with Crippen LogP contribution in [0.15, 0.2) is 42.5 Å². The number of carbonyl (C=O) groups is 1. The van der Waals surface area contributed by atoms with E-state index in [9.17, 15) is 13.2 Å². The number of carbonyl (C=O) groups excluding carboxylic acids is 1. The summed E-state index contributed by atoms with van der Waals surface area (Å²) < 4.78 is 36.9. The second-order valence-corrected chi connectivity index (χ2v) is 9.39. The van der Waals surface area contributed by atoms with E-state index in [0.717, 1.165) is 29.2 Å². The second kappa shape index (κ2) is 9.57. The zero-order chi connectivity index (χ0) is 21.7. The van der Waals surface area contributed by atoms with Crippen molar-refractivity contribution in [1.82, 2.24) is 5.32 Å². The third-order valence-electron chi connectivity index (χ3n) is 4.62. The quantitative estimate of drug-likeness (QED) is 0.622. The van der Waals surface area contributed by atoms with Crippen molar-refractivity contribution in [3.63, 3.8) is 0 Å². The number of fused-ring (bicyclic) bond motifs is 1. The molecule has 0 spiro atoms. The molecule has 0 aromatic heterocycles. The standard InChI is InChI=1S/C21H25ClN2O5S/c1-3-4-15-5-8-17(9-6-15)28-12-11-23-21(25)20-14-24(30(2,26)27)18-13-16(22)7-10-19(18)29-20/h5-10,13,20H,3-4,11-12,14H2,1-2H3,(H,23,25)/t20-/m0/s1. The fourth-order valence-electron chi connectivity index (χ4n) is 3.17. The Labute approximate surface area is 182 Å². The molecule has 1 N–H and O–H groups in total. The number of hydrogen-bond acceptors (Lipinski definition) is 5. The number of hydrogen-bond donors (Lipinski definition) is 1. The van der Waals surface area contributed by atoms with Gasteiger partial charge in [-0.3, -0.25) is 9.10 Å². The van der Waals surface area contributed by atoms with E-state index in [0.29, 0.717) is 16.5 Å². The minimum atomic E-state index is -3.60. The molecule has 2 aromatic rings. The van der Waals surface area contributed by atoms with Crippen LogP contribution in [0.3, 0.4) is 0 Å². The van der Waals surface area contributed by atoms with E-state index in [2.05, 4.69) is 12.2 Å². The number of benzene rings is 2. The highest BCUT2D eigenvalue weighted by Crippen LogP contribution is 2.37. The van der Waals surface area contributed by atoms with Gasteiger partial charge in [-0.25, -0.2) is 8.42 Å². The van der Waals surface area contributed by atoms with Crippen LogP contribution < -0.4 is 19.1 Å². The summed E-state index contributed by atoms with van der Waals surface area (Å²) in [6.07, 6.45) is 2.22. The van der Waals surface area contributed by atoms with Crippen LogP contribution in [0.5, 0.6) is 11.5 Å². The highest BCUT2D eigenvalue weighted by atomic mass is 35.5. The Balaban J connectivity index is 1.56. The van der Waals surface area contributed by atoms with E-state index >= 15 is 0 Å². The molecule has 9 heteroatoms. The van der Waals surface area contributed by atoms with E-state index < -0.39 is 22.0 Å². The average Bonchev–Trinajstić information content (AvgIpc) is 2.71. The first-order valence-electron chi connectivity index (χ1n) is 9.71. The van der Waals surface area contributed by atoms with Crippen molar-refractivity contribution in [2.75, 3.05) is 30.3 Å². The number of rotatable bonds is 8. The molecule has 1 atom stereocenters. The first-order chi connectivity index (χ1) is 14.3. The van der Waals surface area contributed by atoms with E-state index in [4.69, 9.17) is 21.1 Å². The summed E-state index contributed by atoms with van der Waals surface area (Å²) in [4.78, 5) is 12.5. The van der Waals surface area contributed by atoms with Crippen LogP contribution in [-0.2, 0) is 21.2 Å². The Hall–Kier alpha value is -2.45. The molecular weight excluding hydrogens is 428 g/mol. The predicted octanol–water partition coefficient (Wildman–Crippen LogP) is 3.01. The summed E-state index contributed by atoms with van der Waals surface area (Å²) in [5.74, 6) is 0.609. The zero-order valence-corrected chi connectivity index (χ0v) is 18.5. The third kappa shape index (κ3) is 5.58. The fraction of sp³-hybridized carbons (Fsp3) is 0.381. The van der Waals surface area contributed by atoms with Gasteiger partial charge in [0, 0.05) is 5.02 Å². The van der Waals surface area contributed by atoms with Crippen LogP contribution in [0.25, 0.3) is 0 Å². The highest BCUT2D eigenvalue weighted by Gasteiger charge is 2.35. The smallest absolute Gasteiger partial charge is 0.263 e. The summed E-state index contributed by atoms with van der Waals surface area (Å²) in [5.41, 5.74) is 1.58. The van der Waals surface area contributed by atoms with Gasteiger partial charge in [-0.05, 0) is 42.3 Å². The Kier molecular flexibility index (Phi) is 7.10. The maximum Gasteiger partial charge on any atom is 0.263 e. The molecule has 1 heterocycles. The zero-order valence-electron chi connectivity index (χ0n) is 16.9. The van der Waals surface area contributed by atoms with Crippen molar-refractivity contribution >= 4 is 33.2 Å². The predicted molar refractivity (Wildman–Crippen MR) is 117 cm³/mol. The molecule has 1 amide bonds. The highest BCUT2D eigenvalue weighted by molar-refractivity contribution is 7.92. The summed E-state index contributed by atoms with van der Waals surface area (Å²) >= 11 is 5.98. The molecule has 2 aromatic carbocycles. The van der Waals surface area contributed by atoms with Gasteiger partial charge in [0.1, 0.15) is 18.1 Å². The second-order valence-electron chi connectivity index (χ2n) is 7.05. The maximum atomic E-state index is 12.5. The van der Waals surface area contributed by atoms with E-state index in [-0.39, 0.29) is 19.7 Å². The molecule has 0 saturated carbocycles. The first-order valence-corrected chi connectivity index (χ1v) is 11.9. The van der Waals surface area contributed by atoms with Gasteiger partial charge < -0.3 is 14.8 Å². The molecule has 1 aliphatic heterocycles. The van der Waals surface area contributed by atoms with Gasteiger partial charge >= 0.3 is 0 Å². The minimum absolute atomic E-state index is 0.127. The van der Waals surface area contributed by atoms with Gasteiger partial charge in [0.25, 0.3) is 5.91 Å². The van der Waals surface area contributed by atoms with Crippen molar-refractivity contribution in [1.29, 1.82) is 0 Å². The summed E-state index contributed by atoms with van der Waals surface area (Å²) in [6.45, 7) is 2.55. The molecular formula is C21H25ClN2O5S. The van der Waals surface area contributed by atoms with Crippen LogP contribution in [0.2, 0.25) is 5.02 Å². The monoisotopic (exact) mass is 452 g/mol. The number of anilines is 1. The fourth-order valence-corrected chi connectivity index (χ4v) is 4.25. The van der Waals surface area contributed by atoms with Crippen molar-refractivity contribution < 1.29 is 22.7 Å². The average molecular weight is 453 g/mol. The summed E-state index contributed by atoms with van der Waals surface area (Å²) in [5, 5.41) is 3.12. The third-order valence-corrected chi connectivity index (χ3v) is 6.00. The maximum absolute atomic E-state index is 12.5. The number of sulfonamides is 1. The van der Waals surface area contributed by atoms with Gasteiger partial charge in [-0.2, -0.15) is 0 Å². The minimum Gasteiger partial charge on any atom is -0.492 e. The lowest BCUT2D eigenvalue weighted by Gasteiger charge is -2.34. The first kappa shape index (κ1) is 22.2. The van der Waals surface area contributed by atoms with Gasteiger partial charge in [-0.1, -0.05) is 37.1 Å². The van der Waals surface area contributed by atoms with E-state index in [1.165, 1.54) is 11.6 Å². The lowest BCUT2D eigenvalue weighted by atomic mass is 10.1. The molecule has 1 aliphatic rings. The lowest BCUT2D eigenvalue weighted by Crippen LogP contribution is -2.51. The molecule has 0 bridgehead atoms. The Morgan fingerprint density at radius 3 is 2.67 bits per heavy atom. The molecule has 0 saturated heterocycles. The van der Waals surface area contributed by atoms with Crippen molar-refractivity contribution in [3.8, 4) is 11.5 Å². The Morgan fingerprint density at radius 2 is 2.00 bits per heavy atom. The van der Waals surface area contributed by atoms with Crippen LogP contribution in [0, 0.1) is 0 Å².